The van der Waals surface area contributed by atoms with Crippen molar-refractivity contribution in [2.45, 2.75) is 25.6 Å². The van der Waals surface area contributed by atoms with Crippen LogP contribution in [0.4, 0.5) is 0 Å². The molecule has 2 atom stereocenters. The number of para-hydroxylation sites is 2. The number of hydrogen-bond donors (Lipinski definition) is 1. The number of fused-ring (bicyclic) bond motifs is 3. The Balaban J connectivity index is 1.63. The van der Waals surface area contributed by atoms with E-state index < -0.39 is 6.23 Å². The second-order valence-electron chi connectivity index (χ2n) is 7.02. The summed E-state index contributed by atoms with van der Waals surface area (Å²) >= 11 is 0. The zero-order valence-corrected chi connectivity index (χ0v) is 16.0. The van der Waals surface area contributed by atoms with E-state index in [1.54, 1.807) is 18.5 Å². The highest BCUT2D eigenvalue weighted by Crippen LogP contribution is 2.50. The maximum absolute atomic E-state index is 10.3. The zero-order valence-electron chi connectivity index (χ0n) is 16.0. The third-order valence-corrected chi connectivity index (χ3v) is 5.29. The molecule has 6 nitrogen and oxygen atoms in total. The number of aromatic hydroxyl groups is 1. The van der Waals surface area contributed by atoms with Crippen LogP contribution in [0.2, 0.25) is 0 Å². The minimum atomic E-state index is -0.402. The molecule has 0 aliphatic carbocycles. The van der Waals surface area contributed by atoms with Crippen molar-refractivity contribution in [3.8, 4) is 17.2 Å². The molecule has 2 aliphatic rings. The molecule has 3 heterocycles. The number of rotatable bonds is 4. The molecular formula is C23H21N3O3. The minimum absolute atomic E-state index is 0.00747. The second-order valence-corrected chi connectivity index (χ2v) is 7.02. The van der Waals surface area contributed by atoms with Crippen LogP contribution < -0.4 is 9.47 Å². The van der Waals surface area contributed by atoms with Crippen LogP contribution in [-0.2, 0) is 0 Å². The van der Waals surface area contributed by atoms with Gasteiger partial charge in [0.2, 0.25) is 6.23 Å². The second kappa shape index (κ2) is 7.13. The largest absolute Gasteiger partial charge is 0.507 e. The maximum Gasteiger partial charge on any atom is 0.214 e. The lowest BCUT2D eigenvalue weighted by Crippen LogP contribution is -2.33. The number of pyridine rings is 1. The molecule has 1 N–H and O–H groups in total. The standard InChI is InChI=1S/C23H21N3O3/c1-2-28-21-9-5-7-17-19-14-18(16-6-3-4-8-20(16)27)25-26(19)23(29-22(17)21)15-10-12-24-13-11-15/h3-13,19,23,27H,2,14H2,1H3/t19-,23-/m0/s1. The lowest BCUT2D eigenvalue weighted by atomic mass is 9.95. The molecule has 0 spiro atoms. The van der Waals surface area contributed by atoms with E-state index >= 15 is 0 Å². The molecule has 0 fully saturated rings. The fraction of sp³-hybridized carbons (Fsp3) is 0.217. The van der Waals surface area contributed by atoms with Gasteiger partial charge in [-0.25, -0.2) is 5.01 Å². The summed E-state index contributed by atoms with van der Waals surface area (Å²) in [6.07, 6.45) is 3.77. The summed E-state index contributed by atoms with van der Waals surface area (Å²) in [4.78, 5) is 4.12. The van der Waals surface area contributed by atoms with Gasteiger partial charge in [0, 0.05) is 35.5 Å². The Morgan fingerprint density at radius 3 is 2.72 bits per heavy atom. The first-order valence-electron chi connectivity index (χ1n) is 9.72. The third-order valence-electron chi connectivity index (χ3n) is 5.29. The van der Waals surface area contributed by atoms with E-state index in [0.29, 0.717) is 13.0 Å². The van der Waals surface area contributed by atoms with Crippen LogP contribution in [-0.4, -0.2) is 27.4 Å². The van der Waals surface area contributed by atoms with Crippen molar-refractivity contribution in [3.05, 3.63) is 83.7 Å². The molecule has 1 aromatic heterocycles. The molecule has 146 valence electrons. The molecule has 0 saturated heterocycles. The van der Waals surface area contributed by atoms with Crippen LogP contribution in [0.5, 0.6) is 17.2 Å². The summed E-state index contributed by atoms with van der Waals surface area (Å²) in [6.45, 7) is 2.53. The Labute approximate surface area is 169 Å². The number of benzene rings is 2. The number of phenols is 1. The van der Waals surface area contributed by atoms with Crippen molar-refractivity contribution in [3.63, 3.8) is 0 Å². The summed E-state index contributed by atoms with van der Waals surface area (Å²) in [5.74, 6) is 1.72. The molecule has 5 rings (SSSR count). The van der Waals surface area contributed by atoms with Crippen LogP contribution in [0.3, 0.4) is 0 Å². The summed E-state index contributed by atoms with van der Waals surface area (Å²) in [6, 6.07) is 17.1. The molecule has 0 radical (unpaired) electrons. The molecule has 0 unspecified atom stereocenters. The minimum Gasteiger partial charge on any atom is -0.507 e. The topological polar surface area (TPSA) is 67.2 Å². The van der Waals surface area contributed by atoms with Crippen molar-refractivity contribution in [2.75, 3.05) is 6.61 Å². The maximum atomic E-state index is 10.3. The SMILES string of the molecule is CCOc1cccc2c1O[C@@H](c1ccncc1)N1N=C(c3ccccc3O)C[C@@H]21. The Morgan fingerprint density at radius 2 is 1.93 bits per heavy atom. The molecule has 29 heavy (non-hydrogen) atoms. The Hall–Kier alpha value is -3.54. The monoisotopic (exact) mass is 387 g/mol. The average Bonchev–Trinajstić information content (AvgIpc) is 3.20. The Kier molecular flexibility index (Phi) is 4.31. The highest BCUT2D eigenvalue weighted by atomic mass is 16.5. The van der Waals surface area contributed by atoms with Gasteiger partial charge in [0.05, 0.1) is 18.4 Å². The predicted octanol–water partition coefficient (Wildman–Crippen LogP) is 4.43. The van der Waals surface area contributed by atoms with Gasteiger partial charge in [-0.15, -0.1) is 0 Å². The lowest BCUT2D eigenvalue weighted by molar-refractivity contribution is -0.0212. The van der Waals surface area contributed by atoms with Crippen molar-refractivity contribution in [2.24, 2.45) is 5.10 Å². The first-order valence-corrected chi connectivity index (χ1v) is 9.72. The van der Waals surface area contributed by atoms with Crippen LogP contribution in [0, 0.1) is 0 Å². The molecule has 0 amide bonds. The normalized spacial score (nSPS) is 19.8. The van der Waals surface area contributed by atoms with E-state index in [1.807, 2.05) is 54.4 Å². The van der Waals surface area contributed by atoms with E-state index in [1.165, 1.54) is 0 Å². The van der Waals surface area contributed by atoms with Crippen LogP contribution in [0.15, 0.2) is 72.1 Å². The van der Waals surface area contributed by atoms with Crippen molar-refractivity contribution < 1.29 is 14.6 Å². The van der Waals surface area contributed by atoms with Gasteiger partial charge in [-0.05, 0) is 37.3 Å². The Bertz CT molecular complexity index is 1070. The van der Waals surface area contributed by atoms with Crippen molar-refractivity contribution >= 4 is 5.71 Å². The molecular weight excluding hydrogens is 366 g/mol. The fourth-order valence-corrected chi connectivity index (χ4v) is 3.98. The highest BCUT2D eigenvalue weighted by Gasteiger charge is 2.42. The number of phenolic OH excluding ortho intramolecular Hbond substituents is 1. The Morgan fingerprint density at radius 1 is 1.10 bits per heavy atom. The number of nitrogens with zero attached hydrogens (tertiary/aromatic N) is 3. The van der Waals surface area contributed by atoms with Crippen molar-refractivity contribution in [1.29, 1.82) is 0 Å². The van der Waals surface area contributed by atoms with Gasteiger partial charge in [0.15, 0.2) is 11.5 Å². The number of aromatic nitrogens is 1. The fourth-order valence-electron chi connectivity index (χ4n) is 3.98. The summed E-state index contributed by atoms with van der Waals surface area (Å²) in [7, 11) is 0. The number of hydrogen-bond acceptors (Lipinski definition) is 6. The average molecular weight is 387 g/mol. The van der Waals surface area contributed by atoms with Gasteiger partial charge >= 0.3 is 0 Å². The lowest BCUT2D eigenvalue weighted by Gasteiger charge is -2.38. The van der Waals surface area contributed by atoms with Gasteiger partial charge in [0.1, 0.15) is 5.75 Å². The summed E-state index contributed by atoms with van der Waals surface area (Å²) in [5.41, 5.74) is 3.59. The van der Waals surface area contributed by atoms with E-state index in [9.17, 15) is 5.11 Å². The first kappa shape index (κ1) is 17.6. The summed E-state index contributed by atoms with van der Waals surface area (Å²) in [5, 5.41) is 17.2. The smallest absolute Gasteiger partial charge is 0.214 e. The van der Waals surface area contributed by atoms with Crippen LogP contribution in [0.1, 0.15) is 42.3 Å². The molecule has 2 aliphatic heterocycles. The van der Waals surface area contributed by atoms with Gasteiger partial charge in [0.25, 0.3) is 0 Å². The van der Waals surface area contributed by atoms with E-state index in [4.69, 9.17) is 14.6 Å². The van der Waals surface area contributed by atoms with Gasteiger partial charge in [-0.1, -0.05) is 24.3 Å². The van der Waals surface area contributed by atoms with E-state index in [2.05, 4.69) is 11.1 Å². The van der Waals surface area contributed by atoms with E-state index in [0.717, 1.165) is 33.9 Å². The number of hydrazone groups is 1. The number of ether oxygens (including phenoxy) is 2. The molecule has 6 heteroatoms. The van der Waals surface area contributed by atoms with Crippen LogP contribution >= 0.6 is 0 Å². The van der Waals surface area contributed by atoms with Crippen LogP contribution in [0.25, 0.3) is 0 Å². The highest BCUT2D eigenvalue weighted by molar-refractivity contribution is 6.04. The van der Waals surface area contributed by atoms with Crippen molar-refractivity contribution in [1.82, 2.24) is 9.99 Å². The molecule has 2 aromatic carbocycles. The van der Waals surface area contributed by atoms with Gasteiger partial charge in [-0.3, -0.25) is 4.98 Å². The zero-order chi connectivity index (χ0) is 19.8. The molecule has 0 bridgehead atoms. The molecule has 3 aromatic rings. The quantitative estimate of drug-likeness (QED) is 0.717. The predicted molar refractivity (Wildman–Crippen MR) is 109 cm³/mol. The summed E-state index contributed by atoms with van der Waals surface area (Å²) < 4.78 is 12.3. The van der Waals surface area contributed by atoms with E-state index in [-0.39, 0.29) is 11.8 Å². The first-order chi connectivity index (χ1) is 14.3. The third kappa shape index (κ3) is 2.97. The van der Waals surface area contributed by atoms with Gasteiger partial charge in [-0.2, -0.15) is 5.10 Å². The molecule has 0 saturated carbocycles. The van der Waals surface area contributed by atoms with Gasteiger partial charge < -0.3 is 14.6 Å².